The minimum absolute atomic E-state index is 0.0349. The van der Waals surface area contributed by atoms with Crippen molar-refractivity contribution in [2.45, 2.75) is 162 Å². The lowest BCUT2D eigenvalue weighted by Gasteiger charge is -2.41. The molecule has 2 aliphatic heterocycles. The molecule has 2 aromatic carbocycles. The number of thioether (sulfide) groups is 1. The van der Waals surface area contributed by atoms with Crippen LogP contribution in [0.4, 0.5) is 10.5 Å². The SMILES string of the molecule is CC[C@H](C)[C@@H]([C@@H](CC(=O)N1CCC[C@H]1[C@H](OC)[C@@H](C)C(=O)C[C@@H](Cc1ccccc1)C(=O)O)OC)N(C)C(=O)[C@@H](CC(=O)[C@H](C(C)C)N(C)C(=O)OCc1ccc(NCC(=O)CCCCCN2C(=O)CC(CSC)C2=O)cc1)C(C)C. The number of amides is 5. The van der Waals surface area contributed by atoms with E-state index in [4.69, 9.17) is 14.2 Å². The summed E-state index contributed by atoms with van der Waals surface area (Å²) >= 11 is 1.56. The molecule has 18 nitrogen and oxygen atoms in total. The van der Waals surface area contributed by atoms with Crippen LogP contribution in [0.2, 0.25) is 0 Å². The number of methoxy groups -OCH3 is 2. The third kappa shape index (κ3) is 19.5. The van der Waals surface area contributed by atoms with Crippen LogP contribution in [0.5, 0.6) is 0 Å². The first-order valence-electron chi connectivity index (χ1n) is 29.0. The maximum Gasteiger partial charge on any atom is 0.410 e. The Morgan fingerprint density at radius 3 is 2.09 bits per heavy atom. The van der Waals surface area contributed by atoms with E-state index in [1.54, 1.807) is 59.8 Å². The number of imide groups is 1. The van der Waals surface area contributed by atoms with E-state index in [9.17, 15) is 48.3 Å². The van der Waals surface area contributed by atoms with Gasteiger partial charge >= 0.3 is 12.1 Å². The van der Waals surface area contributed by atoms with Crippen LogP contribution >= 0.6 is 11.8 Å². The highest BCUT2D eigenvalue weighted by atomic mass is 32.2. The maximum atomic E-state index is 14.8. The second-order valence-electron chi connectivity index (χ2n) is 23.0. The molecule has 0 aliphatic carbocycles. The van der Waals surface area contributed by atoms with Crippen molar-refractivity contribution in [2.24, 2.45) is 41.4 Å². The maximum absolute atomic E-state index is 14.8. The number of carbonyl (C=O) groups is 9. The molecule has 81 heavy (non-hydrogen) atoms. The molecule has 0 bridgehead atoms. The summed E-state index contributed by atoms with van der Waals surface area (Å²) in [5.41, 5.74) is 2.23. The molecular weight excluding hydrogens is 1050 g/mol. The fraction of sp³-hybridized carbons (Fsp3) is 0.661. The van der Waals surface area contributed by atoms with Crippen molar-refractivity contribution in [3.05, 3.63) is 65.7 Å². The molecule has 2 heterocycles. The Morgan fingerprint density at radius 1 is 0.815 bits per heavy atom. The van der Waals surface area contributed by atoms with Gasteiger partial charge in [-0.3, -0.25) is 43.3 Å². The van der Waals surface area contributed by atoms with Gasteiger partial charge in [0.2, 0.25) is 23.6 Å². The van der Waals surface area contributed by atoms with E-state index in [1.165, 1.54) is 31.1 Å². The minimum atomic E-state index is -1.05. The molecule has 5 amide bonds. The lowest BCUT2D eigenvalue weighted by molar-refractivity contribution is -0.149. The number of unbranched alkanes of at least 4 members (excludes halogenated alkanes) is 2. The number of rotatable bonds is 36. The number of anilines is 1. The Morgan fingerprint density at radius 2 is 1.49 bits per heavy atom. The number of hydrogen-bond acceptors (Lipinski definition) is 14. The Balaban J connectivity index is 1.32. The van der Waals surface area contributed by atoms with Gasteiger partial charge in [-0.15, -0.1) is 0 Å². The Hall–Kier alpha value is -5.66. The fourth-order valence-corrected chi connectivity index (χ4v) is 12.3. The van der Waals surface area contributed by atoms with Crippen LogP contribution in [0.15, 0.2) is 54.6 Å². The van der Waals surface area contributed by atoms with Gasteiger partial charge in [0.05, 0.1) is 55.1 Å². The average Bonchev–Trinajstić information content (AvgIpc) is 4.03. The molecule has 1 unspecified atom stereocenters. The zero-order chi connectivity index (χ0) is 60.1. The monoisotopic (exact) mass is 1150 g/mol. The fourth-order valence-electron chi connectivity index (χ4n) is 11.6. The average molecular weight is 1150 g/mol. The number of nitrogens with zero attached hydrogens (tertiary/aromatic N) is 4. The summed E-state index contributed by atoms with van der Waals surface area (Å²) in [4.78, 5) is 127. The number of carboxylic acids is 1. The van der Waals surface area contributed by atoms with Crippen molar-refractivity contribution < 1.29 is 62.5 Å². The zero-order valence-electron chi connectivity index (χ0n) is 50.2. The van der Waals surface area contributed by atoms with Crippen LogP contribution in [0.1, 0.15) is 130 Å². The molecule has 2 aliphatic rings. The third-order valence-electron chi connectivity index (χ3n) is 16.5. The standard InChI is InChI=1S/C62H93N5O13S/c1-13-41(6)57(53(78-10)35-55(72)66-30-20-24-50(66)58(79-11)42(7)51(69)32-45(61(75)76)31-43-21-16-14-17-22-43)64(8)60(74)49(39(2)3)34-52(70)56(40(4)5)65(9)62(77)80-37-44-25-27-47(28-26-44)63-36-48(68)23-18-15-19-29-67-54(71)33-46(38-81-12)59(67)73/h14,16-17,21-22,25-28,39-42,45-46,49-50,53,56-58,63H,13,15,18-20,23-24,29-38H2,1-12H3,(H,75,76)/t41-,42-,45+,46?,49-,50-,53+,56-,57-,58+/m0/s1. The molecule has 2 saturated heterocycles. The molecule has 19 heteroatoms. The van der Waals surface area contributed by atoms with Gasteiger partial charge in [-0.1, -0.05) is 104 Å². The van der Waals surface area contributed by atoms with Crippen molar-refractivity contribution in [2.75, 3.05) is 65.3 Å². The van der Waals surface area contributed by atoms with Crippen LogP contribution in [-0.4, -0.2) is 168 Å². The highest BCUT2D eigenvalue weighted by molar-refractivity contribution is 7.98. The smallest absolute Gasteiger partial charge is 0.410 e. The van der Waals surface area contributed by atoms with E-state index in [0.717, 1.165) is 12.0 Å². The van der Waals surface area contributed by atoms with E-state index in [2.05, 4.69) is 5.32 Å². The minimum Gasteiger partial charge on any atom is -0.481 e. The molecule has 0 spiro atoms. The molecule has 2 aromatic rings. The lowest BCUT2D eigenvalue weighted by Crippen LogP contribution is -2.54. The molecule has 10 atom stereocenters. The van der Waals surface area contributed by atoms with E-state index in [1.807, 2.05) is 78.1 Å². The highest BCUT2D eigenvalue weighted by Crippen LogP contribution is 2.33. The zero-order valence-corrected chi connectivity index (χ0v) is 51.0. The van der Waals surface area contributed by atoms with Gasteiger partial charge < -0.3 is 39.3 Å². The molecule has 450 valence electrons. The molecule has 2 N–H and O–H groups in total. The van der Waals surface area contributed by atoms with Crippen LogP contribution in [-0.2, 0) is 65.6 Å². The number of likely N-dealkylation sites (N-methyl/N-ethyl adjacent to an activating group) is 2. The van der Waals surface area contributed by atoms with Gasteiger partial charge in [-0.05, 0) is 79.4 Å². The summed E-state index contributed by atoms with van der Waals surface area (Å²) in [6.07, 6.45) is 4.24. The summed E-state index contributed by atoms with van der Waals surface area (Å²) in [6.45, 7) is 14.1. The Labute approximate surface area is 485 Å². The number of carboxylic acid groups (broad SMARTS) is 1. The number of aliphatic carboxylic acids is 1. The van der Waals surface area contributed by atoms with E-state index < -0.39 is 60.1 Å². The summed E-state index contributed by atoms with van der Waals surface area (Å²) in [6, 6.07) is 14.4. The summed E-state index contributed by atoms with van der Waals surface area (Å²) < 4.78 is 17.7. The first-order valence-corrected chi connectivity index (χ1v) is 30.4. The van der Waals surface area contributed by atoms with E-state index >= 15 is 0 Å². The van der Waals surface area contributed by atoms with Crippen LogP contribution in [0.25, 0.3) is 0 Å². The number of benzene rings is 2. The number of ether oxygens (including phenoxy) is 3. The van der Waals surface area contributed by atoms with Gasteiger partial charge in [0.15, 0.2) is 11.6 Å². The summed E-state index contributed by atoms with van der Waals surface area (Å²) in [5.74, 6) is -4.96. The number of nitrogens with one attached hydrogen (secondary N) is 1. The predicted octanol–water partition coefficient (Wildman–Crippen LogP) is 8.61. The number of Topliss-reactive ketones (excluding diaryl/α,β-unsaturated/α-hetero) is 3. The van der Waals surface area contributed by atoms with Gasteiger partial charge in [0.25, 0.3) is 0 Å². The Bertz CT molecular complexity index is 2400. The van der Waals surface area contributed by atoms with Crippen LogP contribution in [0.3, 0.4) is 0 Å². The van der Waals surface area contributed by atoms with Gasteiger partial charge in [0, 0.05) is 90.4 Å². The van der Waals surface area contributed by atoms with Crippen molar-refractivity contribution in [3.8, 4) is 0 Å². The van der Waals surface area contributed by atoms with E-state index in [-0.39, 0.29) is 110 Å². The lowest BCUT2D eigenvalue weighted by atomic mass is 9.83. The molecule has 0 saturated carbocycles. The van der Waals surface area contributed by atoms with Crippen LogP contribution < -0.4 is 5.32 Å². The van der Waals surface area contributed by atoms with Gasteiger partial charge in [-0.2, -0.15) is 11.8 Å². The predicted molar refractivity (Wildman–Crippen MR) is 313 cm³/mol. The third-order valence-corrected chi connectivity index (χ3v) is 17.3. The molecule has 0 radical (unpaired) electrons. The molecule has 0 aromatic heterocycles. The highest BCUT2D eigenvalue weighted by Gasteiger charge is 2.44. The number of ketones is 3. The van der Waals surface area contributed by atoms with Crippen molar-refractivity contribution >= 4 is 70.5 Å². The Kier molecular flexibility index (Phi) is 28.0. The number of carbonyl (C=O) groups excluding carboxylic acids is 8. The second-order valence-corrected chi connectivity index (χ2v) is 23.9. The molecule has 4 rings (SSSR count). The van der Waals surface area contributed by atoms with Gasteiger partial charge in [0.1, 0.15) is 12.4 Å². The second kappa shape index (κ2) is 33.4. The number of likely N-dealkylation sites (tertiary alicyclic amines) is 2. The topological polar surface area (TPSA) is 227 Å². The largest absolute Gasteiger partial charge is 0.481 e. The summed E-state index contributed by atoms with van der Waals surface area (Å²) in [5, 5.41) is 13.2. The van der Waals surface area contributed by atoms with Crippen molar-refractivity contribution in [1.82, 2.24) is 19.6 Å². The van der Waals surface area contributed by atoms with Crippen LogP contribution in [0, 0.1) is 41.4 Å². The van der Waals surface area contributed by atoms with Crippen molar-refractivity contribution in [3.63, 3.8) is 0 Å². The summed E-state index contributed by atoms with van der Waals surface area (Å²) in [7, 11) is 6.23. The van der Waals surface area contributed by atoms with Gasteiger partial charge in [-0.25, -0.2) is 4.79 Å². The van der Waals surface area contributed by atoms with Crippen molar-refractivity contribution in [1.29, 1.82) is 0 Å². The first kappa shape index (κ1) is 67.8. The first-order chi connectivity index (χ1) is 38.5. The molecule has 2 fully saturated rings. The number of hydrogen-bond donors (Lipinski definition) is 2. The van der Waals surface area contributed by atoms with E-state index in [0.29, 0.717) is 68.6 Å². The normalized spacial score (nSPS) is 18.4. The quantitative estimate of drug-likeness (QED) is 0.0481. The molecular formula is C62H93N5O13S.